The molecule has 36 heavy (non-hydrogen) atoms. The van der Waals surface area contributed by atoms with Gasteiger partial charge in [0.05, 0.1) is 26.7 Å². The molecule has 2 saturated carbocycles. The fourth-order valence-corrected chi connectivity index (χ4v) is 6.05. The molecule has 2 aliphatic carbocycles. The quantitative estimate of drug-likeness (QED) is 0.319. The lowest BCUT2D eigenvalue weighted by Crippen LogP contribution is -2.36. The van der Waals surface area contributed by atoms with Gasteiger partial charge in [-0.25, -0.2) is 0 Å². The minimum Gasteiger partial charge on any atom is -0.497 e. The molecular formula is C31H30O5. The Balaban J connectivity index is 1.60. The van der Waals surface area contributed by atoms with Crippen LogP contribution >= 0.6 is 0 Å². The summed E-state index contributed by atoms with van der Waals surface area (Å²) in [5.74, 6) is 1.75. The van der Waals surface area contributed by atoms with Gasteiger partial charge in [-0.1, -0.05) is 42.5 Å². The van der Waals surface area contributed by atoms with Crippen molar-refractivity contribution in [2.24, 2.45) is 5.41 Å². The van der Waals surface area contributed by atoms with Crippen molar-refractivity contribution in [3.8, 4) is 17.2 Å². The van der Waals surface area contributed by atoms with E-state index in [1.807, 2.05) is 78.9 Å². The molecule has 3 aromatic rings. The number of Topliss-reactive ketones (excluding diaryl/α,β-unsaturated/α-hetero) is 2. The first-order chi connectivity index (χ1) is 17.5. The van der Waals surface area contributed by atoms with Gasteiger partial charge in [0.1, 0.15) is 23.0 Å². The summed E-state index contributed by atoms with van der Waals surface area (Å²) in [4.78, 5) is 28.0. The van der Waals surface area contributed by atoms with Gasteiger partial charge >= 0.3 is 0 Å². The van der Waals surface area contributed by atoms with Crippen LogP contribution in [0, 0.1) is 5.41 Å². The van der Waals surface area contributed by atoms with Crippen LogP contribution in [0.1, 0.15) is 47.8 Å². The average Bonchev–Trinajstić information content (AvgIpc) is 3.41. The van der Waals surface area contributed by atoms with E-state index in [9.17, 15) is 9.59 Å². The Labute approximate surface area is 211 Å². The van der Waals surface area contributed by atoms with Crippen LogP contribution in [0.4, 0.5) is 0 Å². The normalized spacial score (nSPS) is 24.5. The van der Waals surface area contributed by atoms with Gasteiger partial charge in [0.15, 0.2) is 5.78 Å². The third kappa shape index (κ3) is 3.89. The van der Waals surface area contributed by atoms with Crippen LogP contribution in [-0.4, -0.2) is 32.9 Å². The summed E-state index contributed by atoms with van der Waals surface area (Å²) in [7, 11) is 4.90. The van der Waals surface area contributed by atoms with Gasteiger partial charge < -0.3 is 14.2 Å². The zero-order chi connectivity index (χ0) is 25.3. The highest BCUT2D eigenvalue weighted by molar-refractivity contribution is 6.20. The van der Waals surface area contributed by atoms with E-state index in [0.29, 0.717) is 24.8 Å². The van der Waals surface area contributed by atoms with Crippen molar-refractivity contribution in [2.45, 2.75) is 31.1 Å². The zero-order valence-corrected chi connectivity index (χ0v) is 20.8. The molecule has 2 fully saturated rings. The smallest absolute Gasteiger partial charge is 0.173 e. The Morgan fingerprint density at radius 2 is 1.44 bits per heavy atom. The second-order valence-corrected chi connectivity index (χ2v) is 9.47. The Morgan fingerprint density at radius 1 is 0.806 bits per heavy atom. The lowest BCUT2D eigenvalue weighted by molar-refractivity contribution is -0.135. The summed E-state index contributed by atoms with van der Waals surface area (Å²) in [6.45, 7) is 0. The van der Waals surface area contributed by atoms with E-state index in [0.717, 1.165) is 33.9 Å². The van der Waals surface area contributed by atoms with Gasteiger partial charge in [-0.2, -0.15) is 0 Å². The molecule has 0 aliphatic heterocycles. The number of para-hydroxylation sites is 1. The number of benzene rings is 3. The molecule has 2 aliphatic rings. The van der Waals surface area contributed by atoms with Crippen molar-refractivity contribution in [3.05, 3.63) is 95.1 Å². The lowest BCUT2D eigenvalue weighted by atomic mass is 9.68. The number of ether oxygens (including phenoxy) is 3. The first kappa shape index (κ1) is 23.9. The van der Waals surface area contributed by atoms with E-state index < -0.39 is 5.41 Å². The maximum Gasteiger partial charge on any atom is 0.173 e. The summed E-state index contributed by atoms with van der Waals surface area (Å²) >= 11 is 0. The predicted molar refractivity (Wildman–Crippen MR) is 139 cm³/mol. The highest BCUT2D eigenvalue weighted by atomic mass is 16.5. The van der Waals surface area contributed by atoms with Crippen molar-refractivity contribution in [2.75, 3.05) is 21.3 Å². The number of allylic oxidation sites excluding steroid dienone is 1. The Kier molecular flexibility index (Phi) is 6.40. The van der Waals surface area contributed by atoms with Crippen LogP contribution in [0.15, 0.2) is 78.4 Å². The van der Waals surface area contributed by atoms with E-state index in [4.69, 9.17) is 14.2 Å². The van der Waals surface area contributed by atoms with Crippen molar-refractivity contribution in [1.29, 1.82) is 0 Å². The molecule has 0 bridgehead atoms. The van der Waals surface area contributed by atoms with E-state index in [-0.39, 0.29) is 23.4 Å². The fraction of sp³-hybridized carbons (Fsp3) is 0.290. The molecule has 0 heterocycles. The first-order valence-electron chi connectivity index (χ1n) is 12.2. The van der Waals surface area contributed by atoms with Crippen molar-refractivity contribution in [3.63, 3.8) is 0 Å². The molecule has 0 amide bonds. The average molecular weight is 483 g/mol. The molecule has 5 nitrogen and oxygen atoms in total. The molecule has 3 aromatic carbocycles. The van der Waals surface area contributed by atoms with Gasteiger partial charge in [0.2, 0.25) is 0 Å². The summed E-state index contributed by atoms with van der Waals surface area (Å²) in [6, 6.07) is 23.2. The standard InChI is InChI=1S/C31H30O5/c1-34-23-12-8-20(9-13-23)18-22-16-17-31(30(22)33)28(32)19-26(25-6-4-5-7-27(25)36-3)29(31)21-10-14-24(35-2)15-11-21/h4-15,18,26,29H,16-17,19H2,1-3H3/b22-18+/t26-,29-,31-/m0/s1. The van der Waals surface area contributed by atoms with Crippen LogP contribution in [0.25, 0.3) is 6.08 Å². The van der Waals surface area contributed by atoms with Crippen LogP contribution in [-0.2, 0) is 9.59 Å². The second kappa shape index (κ2) is 9.65. The summed E-state index contributed by atoms with van der Waals surface area (Å²) < 4.78 is 16.3. The van der Waals surface area contributed by atoms with Crippen molar-refractivity contribution < 1.29 is 23.8 Å². The maximum absolute atomic E-state index is 14.1. The summed E-state index contributed by atoms with van der Waals surface area (Å²) in [5.41, 5.74) is 2.47. The maximum atomic E-state index is 14.1. The number of methoxy groups -OCH3 is 3. The monoisotopic (exact) mass is 482 g/mol. The molecule has 0 N–H and O–H groups in total. The predicted octanol–water partition coefficient (Wildman–Crippen LogP) is 5.99. The van der Waals surface area contributed by atoms with Crippen LogP contribution < -0.4 is 14.2 Å². The molecule has 5 heteroatoms. The Hall–Kier alpha value is -3.86. The van der Waals surface area contributed by atoms with Gasteiger partial charge in [-0.15, -0.1) is 0 Å². The van der Waals surface area contributed by atoms with Gasteiger partial charge in [0.25, 0.3) is 0 Å². The minimum atomic E-state index is -1.08. The van der Waals surface area contributed by atoms with E-state index >= 15 is 0 Å². The second-order valence-electron chi connectivity index (χ2n) is 9.47. The zero-order valence-electron chi connectivity index (χ0n) is 20.8. The lowest BCUT2D eigenvalue weighted by Gasteiger charge is -2.32. The highest BCUT2D eigenvalue weighted by Gasteiger charge is 2.62. The first-order valence-corrected chi connectivity index (χ1v) is 12.2. The molecule has 0 saturated heterocycles. The van der Waals surface area contributed by atoms with Gasteiger partial charge in [-0.3, -0.25) is 9.59 Å². The number of carbonyl (C=O) groups excluding carboxylic acids is 2. The van der Waals surface area contributed by atoms with Crippen molar-refractivity contribution in [1.82, 2.24) is 0 Å². The molecule has 5 rings (SSSR count). The third-order valence-corrected chi connectivity index (χ3v) is 7.79. The molecular weight excluding hydrogens is 452 g/mol. The third-order valence-electron chi connectivity index (χ3n) is 7.79. The molecule has 0 unspecified atom stereocenters. The number of ketones is 2. The molecule has 3 atom stereocenters. The van der Waals surface area contributed by atoms with Crippen molar-refractivity contribution >= 4 is 17.6 Å². The highest BCUT2D eigenvalue weighted by Crippen LogP contribution is 2.62. The van der Waals surface area contributed by atoms with Gasteiger partial charge in [0, 0.05) is 18.3 Å². The summed E-state index contributed by atoms with van der Waals surface area (Å²) in [5, 5.41) is 0. The fourth-order valence-electron chi connectivity index (χ4n) is 6.05. The van der Waals surface area contributed by atoms with Gasteiger partial charge in [-0.05, 0) is 71.5 Å². The van der Waals surface area contributed by atoms with E-state index in [2.05, 4.69) is 0 Å². The number of rotatable bonds is 6. The summed E-state index contributed by atoms with van der Waals surface area (Å²) in [6.07, 6.45) is 3.31. The molecule has 0 aromatic heterocycles. The largest absolute Gasteiger partial charge is 0.497 e. The molecule has 184 valence electrons. The molecule has 0 radical (unpaired) electrons. The van der Waals surface area contributed by atoms with E-state index in [1.165, 1.54) is 0 Å². The number of hydrogen-bond donors (Lipinski definition) is 0. The molecule has 1 spiro atoms. The topological polar surface area (TPSA) is 61.8 Å². The SMILES string of the molecule is COc1ccc(/C=C2\CC[C@@]3(C(=O)C[C@@H](c4ccccc4OC)[C@@H]3c3ccc(OC)cc3)C2=O)cc1. The number of carbonyl (C=O) groups is 2. The van der Waals surface area contributed by atoms with Crippen LogP contribution in [0.2, 0.25) is 0 Å². The van der Waals surface area contributed by atoms with E-state index in [1.54, 1.807) is 21.3 Å². The van der Waals surface area contributed by atoms with Crippen LogP contribution in [0.3, 0.4) is 0 Å². The number of hydrogen-bond acceptors (Lipinski definition) is 5. The Bertz CT molecular complexity index is 1310. The Morgan fingerprint density at radius 3 is 2.08 bits per heavy atom. The van der Waals surface area contributed by atoms with Crippen LogP contribution in [0.5, 0.6) is 17.2 Å². The minimum absolute atomic E-state index is 0.0161.